The Kier molecular flexibility index (Phi) is 5.12. The van der Waals surface area contributed by atoms with E-state index in [-0.39, 0.29) is 12.1 Å². The highest BCUT2D eigenvalue weighted by Crippen LogP contribution is 2.45. The Morgan fingerprint density at radius 3 is 2.48 bits per heavy atom. The van der Waals surface area contributed by atoms with E-state index >= 15 is 0 Å². The molecular formula is C19H29NO2S. The summed E-state index contributed by atoms with van der Waals surface area (Å²) in [5.41, 5.74) is 0.792. The second-order valence-electron chi connectivity index (χ2n) is 7.58. The predicted molar refractivity (Wildman–Crippen MR) is 95.0 cm³/mol. The van der Waals surface area contributed by atoms with Crippen LogP contribution in [-0.2, 0) is 14.9 Å². The molecule has 23 heavy (non-hydrogen) atoms. The number of carbonyl (C=O) groups excluding carboxylic acids is 1. The van der Waals surface area contributed by atoms with Crippen LogP contribution < -0.4 is 0 Å². The summed E-state index contributed by atoms with van der Waals surface area (Å²) in [6.45, 7) is 6.29. The van der Waals surface area contributed by atoms with Crippen molar-refractivity contribution in [3.8, 4) is 0 Å². The number of aryl methyl sites for hydroxylation is 1. The number of piperidine rings is 1. The molecule has 0 bridgehead atoms. The molecular weight excluding hydrogens is 306 g/mol. The van der Waals surface area contributed by atoms with E-state index in [1.54, 1.807) is 11.3 Å². The third-order valence-electron chi connectivity index (χ3n) is 5.78. The molecule has 1 saturated carbocycles. The molecule has 0 N–H and O–H groups in total. The van der Waals surface area contributed by atoms with Gasteiger partial charge < -0.3 is 9.64 Å². The molecule has 1 saturated heterocycles. The smallest absolute Gasteiger partial charge is 0.317 e. The number of esters is 1. The Morgan fingerprint density at radius 1 is 1.26 bits per heavy atom. The topological polar surface area (TPSA) is 29.5 Å². The highest BCUT2D eigenvalue weighted by atomic mass is 32.1. The number of hydrogen-bond donors (Lipinski definition) is 0. The molecule has 1 aromatic heterocycles. The predicted octanol–water partition coefficient (Wildman–Crippen LogP) is 4.14. The minimum absolute atomic E-state index is 0.0146. The third-order valence-corrected chi connectivity index (χ3v) is 7.06. The van der Waals surface area contributed by atoms with Gasteiger partial charge in [-0.3, -0.25) is 4.79 Å². The standard InChI is InChI=1S/C19H29NO2S/c1-14-12-17(23-13-14)19(2,15-6-4-5-7-15)18(21)22-16-8-10-20(3)11-9-16/h12-13,15-16H,4-11H2,1-3H3. The Morgan fingerprint density at radius 2 is 1.91 bits per heavy atom. The van der Waals surface area contributed by atoms with E-state index < -0.39 is 5.41 Å². The van der Waals surface area contributed by atoms with E-state index in [0.717, 1.165) is 38.8 Å². The molecule has 0 radical (unpaired) electrons. The third kappa shape index (κ3) is 3.48. The maximum atomic E-state index is 13.2. The minimum atomic E-state index is -0.460. The average molecular weight is 336 g/mol. The van der Waals surface area contributed by atoms with E-state index in [2.05, 4.69) is 37.2 Å². The van der Waals surface area contributed by atoms with E-state index in [4.69, 9.17) is 4.74 Å². The van der Waals surface area contributed by atoms with Crippen molar-refractivity contribution in [2.75, 3.05) is 20.1 Å². The molecule has 0 aromatic carbocycles. The monoisotopic (exact) mass is 335 g/mol. The number of rotatable bonds is 4. The first-order chi connectivity index (χ1) is 11.0. The van der Waals surface area contributed by atoms with Gasteiger partial charge in [0.2, 0.25) is 0 Å². The summed E-state index contributed by atoms with van der Waals surface area (Å²) in [5, 5.41) is 2.16. The number of thiophene rings is 1. The van der Waals surface area contributed by atoms with Gasteiger partial charge in [0.15, 0.2) is 0 Å². The first-order valence-electron chi connectivity index (χ1n) is 8.95. The first kappa shape index (κ1) is 17.0. The molecule has 2 heterocycles. The zero-order valence-electron chi connectivity index (χ0n) is 14.6. The van der Waals surface area contributed by atoms with Crippen LogP contribution in [0, 0.1) is 12.8 Å². The summed E-state index contributed by atoms with van der Waals surface area (Å²) >= 11 is 1.73. The Hall–Kier alpha value is -0.870. The van der Waals surface area contributed by atoms with Crippen molar-refractivity contribution in [3.05, 3.63) is 21.9 Å². The summed E-state index contributed by atoms with van der Waals surface area (Å²) in [5.74, 6) is 0.445. The lowest BCUT2D eigenvalue weighted by Crippen LogP contribution is -2.44. The number of carbonyl (C=O) groups is 1. The molecule has 2 aliphatic rings. The van der Waals surface area contributed by atoms with Crippen molar-refractivity contribution in [2.45, 2.75) is 63.9 Å². The lowest BCUT2D eigenvalue weighted by atomic mass is 9.74. The van der Waals surface area contributed by atoms with Gasteiger partial charge in [0.1, 0.15) is 11.5 Å². The molecule has 4 heteroatoms. The van der Waals surface area contributed by atoms with Crippen molar-refractivity contribution in [2.24, 2.45) is 5.92 Å². The summed E-state index contributed by atoms with van der Waals surface area (Å²) < 4.78 is 6.02. The van der Waals surface area contributed by atoms with Crippen molar-refractivity contribution >= 4 is 17.3 Å². The molecule has 0 amide bonds. The summed E-state index contributed by atoms with van der Waals surface area (Å²) in [7, 11) is 2.13. The number of hydrogen-bond acceptors (Lipinski definition) is 4. The summed E-state index contributed by atoms with van der Waals surface area (Å²) in [4.78, 5) is 16.7. The van der Waals surface area contributed by atoms with Gasteiger partial charge in [-0.25, -0.2) is 0 Å². The maximum absolute atomic E-state index is 13.2. The van der Waals surface area contributed by atoms with Crippen LogP contribution >= 0.6 is 11.3 Å². The molecule has 2 fully saturated rings. The Bertz CT molecular complexity index is 541. The SMILES string of the molecule is Cc1csc(C(C)(C(=O)OC2CCN(C)CC2)C2CCCC2)c1. The second kappa shape index (κ2) is 6.94. The first-order valence-corrected chi connectivity index (χ1v) is 9.83. The van der Waals surface area contributed by atoms with Gasteiger partial charge in [0, 0.05) is 18.0 Å². The van der Waals surface area contributed by atoms with Gasteiger partial charge in [-0.05, 0) is 69.5 Å². The zero-order chi connectivity index (χ0) is 16.4. The van der Waals surface area contributed by atoms with Crippen LogP contribution in [0.2, 0.25) is 0 Å². The summed E-state index contributed by atoms with van der Waals surface area (Å²) in [6, 6.07) is 2.19. The Labute approximate surface area is 144 Å². The number of likely N-dealkylation sites (tertiary alicyclic amines) is 1. The van der Waals surface area contributed by atoms with Crippen molar-refractivity contribution in [1.82, 2.24) is 4.90 Å². The van der Waals surface area contributed by atoms with Crippen LogP contribution in [0.15, 0.2) is 11.4 Å². The normalized spacial score (nSPS) is 23.8. The van der Waals surface area contributed by atoms with Crippen LogP contribution in [0.3, 0.4) is 0 Å². The van der Waals surface area contributed by atoms with Crippen LogP contribution in [0.5, 0.6) is 0 Å². The fourth-order valence-electron chi connectivity index (χ4n) is 4.05. The van der Waals surface area contributed by atoms with Crippen molar-refractivity contribution in [3.63, 3.8) is 0 Å². The minimum Gasteiger partial charge on any atom is -0.462 e. The summed E-state index contributed by atoms with van der Waals surface area (Å²) in [6.07, 6.45) is 6.81. The van der Waals surface area contributed by atoms with E-state index in [1.807, 2.05) is 0 Å². The second-order valence-corrected chi connectivity index (χ2v) is 8.49. The zero-order valence-corrected chi connectivity index (χ0v) is 15.5. The van der Waals surface area contributed by atoms with E-state index in [9.17, 15) is 4.79 Å². The van der Waals surface area contributed by atoms with Crippen LogP contribution in [0.25, 0.3) is 0 Å². The van der Waals surface area contributed by atoms with E-state index in [0.29, 0.717) is 5.92 Å². The van der Waals surface area contributed by atoms with E-state index in [1.165, 1.54) is 23.3 Å². The largest absolute Gasteiger partial charge is 0.462 e. The molecule has 1 aliphatic carbocycles. The van der Waals surface area contributed by atoms with Gasteiger partial charge in [0.25, 0.3) is 0 Å². The van der Waals surface area contributed by atoms with Gasteiger partial charge in [0.05, 0.1) is 0 Å². The van der Waals surface area contributed by atoms with Gasteiger partial charge >= 0.3 is 5.97 Å². The maximum Gasteiger partial charge on any atom is 0.317 e. The number of nitrogens with zero attached hydrogens (tertiary/aromatic N) is 1. The molecule has 1 aliphatic heterocycles. The molecule has 3 nitrogen and oxygen atoms in total. The molecule has 128 valence electrons. The fraction of sp³-hybridized carbons (Fsp3) is 0.737. The molecule has 1 unspecified atom stereocenters. The fourth-order valence-corrected chi connectivity index (χ4v) is 5.18. The molecule has 3 rings (SSSR count). The number of ether oxygens (including phenoxy) is 1. The van der Waals surface area contributed by atoms with Crippen LogP contribution in [0.4, 0.5) is 0 Å². The average Bonchev–Trinajstić information content (AvgIpc) is 3.20. The van der Waals surface area contributed by atoms with Gasteiger partial charge in [-0.1, -0.05) is 12.8 Å². The highest BCUT2D eigenvalue weighted by Gasteiger charge is 2.47. The van der Waals surface area contributed by atoms with Gasteiger partial charge in [-0.2, -0.15) is 0 Å². The molecule has 0 spiro atoms. The van der Waals surface area contributed by atoms with Crippen LogP contribution in [0.1, 0.15) is 55.9 Å². The molecule has 1 atom stereocenters. The van der Waals surface area contributed by atoms with Crippen LogP contribution in [-0.4, -0.2) is 37.1 Å². The Balaban J connectivity index is 1.78. The van der Waals surface area contributed by atoms with Crippen molar-refractivity contribution in [1.29, 1.82) is 0 Å². The lowest BCUT2D eigenvalue weighted by Gasteiger charge is -2.36. The quantitative estimate of drug-likeness (QED) is 0.775. The lowest BCUT2D eigenvalue weighted by molar-refractivity contribution is -0.160. The van der Waals surface area contributed by atoms with Gasteiger partial charge in [-0.15, -0.1) is 11.3 Å². The van der Waals surface area contributed by atoms with Crippen molar-refractivity contribution < 1.29 is 9.53 Å². The highest BCUT2D eigenvalue weighted by molar-refractivity contribution is 7.10. The molecule has 1 aromatic rings.